The summed E-state index contributed by atoms with van der Waals surface area (Å²) in [5.41, 5.74) is 2.74. The molecule has 3 aliphatic rings. The van der Waals surface area contributed by atoms with E-state index in [1.165, 1.54) is 51.9 Å². The Labute approximate surface area is 199 Å². The number of rotatable bonds is 5. The molecule has 1 aliphatic heterocycles. The van der Waals surface area contributed by atoms with E-state index < -0.39 is 0 Å². The third-order valence-electron chi connectivity index (χ3n) is 7.50. The van der Waals surface area contributed by atoms with Gasteiger partial charge < -0.3 is 9.80 Å². The summed E-state index contributed by atoms with van der Waals surface area (Å²) >= 11 is 1.91. The normalized spacial score (nSPS) is 20.8. The van der Waals surface area contributed by atoms with E-state index in [2.05, 4.69) is 24.0 Å². The van der Waals surface area contributed by atoms with Gasteiger partial charge in [-0.1, -0.05) is 37.3 Å². The molecule has 0 radical (unpaired) electrons. The van der Waals surface area contributed by atoms with Crippen LogP contribution < -0.4 is 4.90 Å². The van der Waals surface area contributed by atoms with E-state index in [1.807, 2.05) is 34.4 Å². The Morgan fingerprint density at radius 3 is 2.61 bits per heavy atom. The van der Waals surface area contributed by atoms with Gasteiger partial charge in [0, 0.05) is 43.4 Å². The fourth-order valence-electron chi connectivity index (χ4n) is 5.31. The van der Waals surface area contributed by atoms with Crippen LogP contribution in [0.5, 0.6) is 0 Å². The molecule has 0 N–H and O–H groups in total. The van der Waals surface area contributed by atoms with Gasteiger partial charge in [-0.05, 0) is 55.6 Å². The van der Waals surface area contributed by atoms with Crippen molar-refractivity contribution in [3.8, 4) is 0 Å². The lowest BCUT2D eigenvalue weighted by atomic mass is 9.89. The van der Waals surface area contributed by atoms with Crippen LogP contribution in [0.2, 0.25) is 0 Å². The molecule has 5 nitrogen and oxygen atoms in total. The molecule has 33 heavy (non-hydrogen) atoms. The van der Waals surface area contributed by atoms with Gasteiger partial charge in [-0.25, -0.2) is 9.97 Å². The van der Waals surface area contributed by atoms with Gasteiger partial charge in [0.1, 0.15) is 16.5 Å². The summed E-state index contributed by atoms with van der Waals surface area (Å²) in [6.07, 6.45) is 7.42. The number of aryl methyl sites for hydroxylation is 2. The number of aromatic nitrogens is 2. The molecule has 6 heteroatoms. The Morgan fingerprint density at radius 2 is 1.85 bits per heavy atom. The van der Waals surface area contributed by atoms with Gasteiger partial charge in [0.2, 0.25) is 5.91 Å². The molecule has 3 heterocycles. The van der Waals surface area contributed by atoms with Crippen LogP contribution >= 0.6 is 11.3 Å². The van der Waals surface area contributed by atoms with E-state index in [0.717, 1.165) is 56.6 Å². The molecule has 2 fully saturated rings. The molecule has 1 amide bonds. The van der Waals surface area contributed by atoms with Crippen molar-refractivity contribution in [2.24, 2.45) is 5.92 Å². The van der Waals surface area contributed by atoms with Crippen LogP contribution in [0.1, 0.15) is 60.4 Å². The highest BCUT2D eigenvalue weighted by atomic mass is 32.1. The molecule has 1 atom stereocenters. The lowest BCUT2D eigenvalue weighted by Gasteiger charge is -2.36. The zero-order valence-electron chi connectivity index (χ0n) is 19.4. The van der Waals surface area contributed by atoms with Gasteiger partial charge in [-0.3, -0.25) is 4.79 Å². The zero-order chi connectivity index (χ0) is 22.4. The number of hydrogen-bond acceptors (Lipinski definition) is 5. The second-order valence-corrected chi connectivity index (χ2v) is 11.1. The Morgan fingerprint density at radius 1 is 1.06 bits per heavy atom. The number of nitrogens with zero attached hydrogens (tertiary/aromatic N) is 4. The standard InChI is InChI=1S/C27H32N4OS/c1-18-7-11-21-22(17-18)33-27-24(21)26(28-25(29-27)20-9-10-20)31-15-13-30(14-16-31)23(32)12-8-19-5-3-2-4-6-19/h2-6,18,20H,7-17H2,1H3/t18-/m0/s1. The monoisotopic (exact) mass is 460 g/mol. The van der Waals surface area contributed by atoms with Crippen LogP contribution in [0.15, 0.2) is 30.3 Å². The SMILES string of the molecule is C[C@H]1CCc2c(sc3nc(C4CC4)nc(N4CCN(C(=O)CCc5ccccc5)CC4)c23)C1. The highest BCUT2D eigenvalue weighted by molar-refractivity contribution is 7.19. The summed E-state index contributed by atoms with van der Waals surface area (Å²) in [6, 6.07) is 10.3. The van der Waals surface area contributed by atoms with Crippen molar-refractivity contribution in [2.75, 3.05) is 31.1 Å². The zero-order valence-corrected chi connectivity index (χ0v) is 20.2. The first-order valence-corrected chi connectivity index (χ1v) is 13.4. The van der Waals surface area contributed by atoms with E-state index in [4.69, 9.17) is 9.97 Å². The highest BCUT2D eigenvalue weighted by Gasteiger charge is 2.32. The number of anilines is 1. The first-order valence-electron chi connectivity index (χ1n) is 12.5. The maximum Gasteiger partial charge on any atom is 0.223 e. The van der Waals surface area contributed by atoms with Crippen molar-refractivity contribution in [1.82, 2.24) is 14.9 Å². The smallest absolute Gasteiger partial charge is 0.223 e. The molecule has 6 rings (SSSR count). The predicted octanol–water partition coefficient (Wildman–Crippen LogP) is 4.97. The third-order valence-corrected chi connectivity index (χ3v) is 8.65. The number of fused-ring (bicyclic) bond motifs is 3. The number of benzene rings is 1. The number of carbonyl (C=O) groups is 1. The van der Waals surface area contributed by atoms with Crippen molar-refractivity contribution >= 4 is 33.3 Å². The second kappa shape index (κ2) is 8.71. The van der Waals surface area contributed by atoms with Crippen LogP contribution in [-0.2, 0) is 24.1 Å². The number of carbonyl (C=O) groups excluding carboxylic acids is 1. The molecule has 1 aromatic carbocycles. The van der Waals surface area contributed by atoms with Crippen molar-refractivity contribution in [3.05, 3.63) is 52.2 Å². The first kappa shape index (κ1) is 21.1. The van der Waals surface area contributed by atoms with Gasteiger partial charge in [-0.15, -0.1) is 11.3 Å². The lowest BCUT2D eigenvalue weighted by molar-refractivity contribution is -0.131. The molecule has 0 spiro atoms. The summed E-state index contributed by atoms with van der Waals surface area (Å²) in [5, 5.41) is 1.31. The Hall–Kier alpha value is -2.47. The van der Waals surface area contributed by atoms with Gasteiger partial charge in [-0.2, -0.15) is 0 Å². The van der Waals surface area contributed by atoms with Crippen LogP contribution in [0.25, 0.3) is 10.2 Å². The molecule has 0 bridgehead atoms. The molecule has 172 valence electrons. The number of hydrogen-bond donors (Lipinski definition) is 0. The Kier molecular flexibility index (Phi) is 5.57. The van der Waals surface area contributed by atoms with Crippen LogP contribution in [0.4, 0.5) is 5.82 Å². The van der Waals surface area contributed by atoms with Gasteiger partial charge in [0.05, 0.1) is 5.39 Å². The fourth-order valence-corrected chi connectivity index (χ4v) is 6.70. The second-order valence-electron chi connectivity index (χ2n) is 10.1. The van der Waals surface area contributed by atoms with Crippen molar-refractivity contribution in [3.63, 3.8) is 0 Å². The minimum Gasteiger partial charge on any atom is -0.352 e. The van der Waals surface area contributed by atoms with Crippen molar-refractivity contribution < 1.29 is 4.79 Å². The fraction of sp³-hybridized carbons (Fsp3) is 0.519. The van der Waals surface area contributed by atoms with E-state index in [1.54, 1.807) is 0 Å². The van der Waals surface area contributed by atoms with Crippen molar-refractivity contribution in [2.45, 2.75) is 57.8 Å². The molecular weight excluding hydrogens is 428 g/mol. The van der Waals surface area contributed by atoms with Crippen LogP contribution in [0, 0.1) is 5.92 Å². The molecule has 2 aromatic heterocycles. The van der Waals surface area contributed by atoms with Crippen LogP contribution in [0.3, 0.4) is 0 Å². The van der Waals surface area contributed by atoms with Crippen molar-refractivity contribution in [1.29, 1.82) is 0 Å². The highest BCUT2D eigenvalue weighted by Crippen LogP contribution is 2.44. The summed E-state index contributed by atoms with van der Waals surface area (Å²) in [4.78, 5) is 30.2. The largest absolute Gasteiger partial charge is 0.352 e. The van der Waals surface area contributed by atoms with Gasteiger partial charge in [0.15, 0.2) is 0 Å². The van der Waals surface area contributed by atoms with E-state index in [-0.39, 0.29) is 5.91 Å². The summed E-state index contributed by atoms with van der Waals surface area (Å²) in [5.74, 6) is 3.77. The quantitative estimate of drug-likeness (QED) is 0.539. The summed E-state index contributed by atoms with van der Waals surface area (Å²) < 4.78 is 0. The number of piperazine rings is 1. The summed E-state index contributed by atoms with van der Waals surface area (Å²) in [7, 11) is 0. The maximum atomic E-state index is 12.8. The van der Waals surface area contributed by atoms with Gasteiger partial charge >= 0.3 is 0 Å². The molecular formula is C27H32N4OS. The van der Waals surface area contributed by atoms with Crippen LogP contribution in [-0.4, -0.2) is 47.0 Å². The molecule has 2 aliphatic carbocycles. The molecule has 0 unspecified atom stereocenters. The topological polar surface area (TPSA) is 49.3 Å². The van der Waals surface area contributed by atoms with E-state index in [9.17, 15) is 4.79 Å². The van der Waals surface area contributed by atoms with E-state index in [0.29, 0.717) is 12.3 Å². The van der Waals surface area contributed by atoms with E-state index >= 15 is 0 Å². The predicted molar refractivity (Wildman–Crippen MR) is 134 cm³/mol. The summed E-state index contributed by atoms with van der Waals surface area (Å²) in [6.45, 7) is 5.63. The molecule has 1 saturated heterocycles. The number of amides is 1. The maximum absolute atomic E-state index is 12.8. The minimum absolute atomic E-state index is 0.270. The van der Waals surface area contributed by atoms with Gasteiger partial charge in [0.25, 0.3) is 0 Å². The lowest BCUT2D eigenvalue weighted by Crippen LogP contribution is -2.49. The first-order chi connectivity index (χ1) is 16.2. The Bertz CT molecular complexity index is 1160. The molecule has 3 aromatic rings. The average Bonchev–Trinajstić information content (AvgIpc) is 3.63. The molecule has 1 saturated carbocycles. The minimum atomic E-state index is 0.270. The third kappa shape index (κ3) is 4.25. The average molecular weight is 461 g/mol. The Balaban J connectivity index is 1.20. The number of thiophene rings is 1.